The zero-order valence-electron chi connectivity index (χ0n) is 21.7. The number of rotatable bonds is 8. The SMILES string of the molecule is CC(C)C(NC(=O)OC(C)(C)C)C(=O)OCn1c(=O)ccn([C@@H]2O[C@@](CO)(CF)[C@H]3OCO[C@]32C)c1=O. The van der Waals surface area contributed by atoms with Gasteiger partial charge in [-0.15, -0.1) is 0 Å². The number of alkyl halides is 1. The quantitative estimate of drug-likeness (QED) is 0.451. The topological polar surface area (TPSA) is 157 Å². The van der Waals surface area contributed by atoms with E-state index < -0.39 is 84.4 Å². The molecule has 1 amide bonds. The van der Waals surface area contributed by atoms with Crippen molar-refractivity contribution in [2.75, 3.05) is 20.1 Å². The van der Waals surface area contributed by atoms with Gasteiger partial charge in [-0.25, -0.2) is 23.3 Å². The van der Waals surface area contributed by atoms with Crippen molar-refractivity contribution in [1.29, 1.82) is 0 Å². The number of aliphatic hydroxyl groups is 1. The van der Waals surface area contributed by atoms with Crippen molar-refractivity contribution in [3.63, 3.8) is 0 Å². The molecule has 208 valence electrons. The molecule has 0 saturated carbocycles. The van der Waals surface area contributed by atoms with E-state index in [1.165, 1.54) is 0 Å². The van der Waals surface area contributed by atoms with E-state index in [1.54, 1.807) is 41.5 Å². The van der Waals surface area contributed by atoms with Crippen molar-refractivity contribution < 1.29 is 42.8 Å². The third-order valence-corrected chi connectivity index (χ3v) is 6.21. The second-order valence-electron chi connectivity index (χ2n) is 10.6. The molecule has 0 aliphatic carbocycles. The Morgan fingerprint density at radius 1 is 1.32 bits per heavy atom. The van der Waals surface area contributed by atoms with E-state index >= 15 is 0 Å². The average Bonchev–Trinajstić information content (AvgIpc) is 3.30. The van der Waals surface area contributed by atoms with Crippen LogP contribution in [0.3, 0.4) is 0 Å². The standard InChI is InChI=1S/C23H34FN3O10/c1-13(2)15(25-19(31)37-21(3,4)5)16(30)33-11-27-14(29)7-8-26(20(27)32)18-22(6)17(34-12-35-22)23(9-24,10-28)36-18/h7-8,13,15,17-18,28H,9-12H2,1-6H3,(H,25,31)/t15?,17-,18+,22+,23+/m0/s1. The first-order chi connectivity index (χ1) is 17.2. The summed E-state index contributed by atoms with van der Waals surface area (Å²) in [6.07, 6.45) is -1.99. The molecule has 0 radical (unpaired) electrons. The Morgan fingerprint density at radius 3 is 2.57 bits per heavy atom. The summed E-state index contributed by atoms with van der Waals surface area (Å²) in [5.41, 5.74) is -5.65. The summed E-state index contributed by atoms with van der Waals surface area (Å²) in [6.45, 7) is 7.04. The summed E-state index contributed by atoms with van der Waals surface area (Å²) in [7, 11) is 0. The molecular formula is C23H34FN3O10. The van der Waals surface area contributed by atoms with Crippen LogP contribution in [-0.2, 0) is 35.2 Å². The summed E-state index contributed by atoms with van der Waals surface area (Å²) in [5.74, 6) is -1.30. The molecule has 1 unspecified atom stereocenters. The van der Waals surface area contributed by atoms with E-state index in [0.717, 1.165) is 16.8 Å². The van der Waals surface area contributed by atoms with E-state index in [1.807, 2.05) is 0 Å². The number of ether oxygens (including phenoxy) is 5. The number of aromatic nitrogens is 2. The Hall–Kier alpha value is -2.81. The number of aliphatic hydroxyl groups excluding tert-OH is 1. The van der Waals surface area contributed by atoms with Crippen molar-refractivity contribution in [2.45, 2.75) is 83.5 Å². The minimum atomic E-state index is -1.78. The van der Waals surface area contributed by atoms with Gasteiger partial charge in [0.25, 0.3) is 5.56 Å². The first kappa shape index (κ1) is 28.8. The van der Waals surface area contributed by atoms with E-state index in [9.17, 15) is 28.7 Å². The molecule has 1 aromatic heterocycles. The lowest BCUT2D eigenvalue weighted by Gasteiger charge is -2.28. The molecule has 3 rings (SSSR count). The molecule has 2 aliphatic rings. The molecule has 37 heavy (non-hydrogen) atoms. The lowest BCUT2D eigenvalue weighted by Crippen LogP contribution is -2.51. The predicted molar refractivity (Wildman–Crippen MR) is 124 cm³/mol. The molecule has 13 nitrogen and oxygen atoms in total. The van der Waals surface area contributed by atoms with Crippen molar-refractivity contribution in [1.82, 2.24) is 14.5 Å². The van der Waals surface area contributed by atoms with E-state index in [4.69, 9.17) is 23.7 Å². The third-order valence-electron chi connectivity index (χ3n) is 6.21. The highest BCUT2D eigenvalue weighted by Gasteiger charge is 2.67. The van der Waals surface area contributed by atoms with E-state index in [2.05, 4.69) is 5.32 Å². The molecule has 14 heteroatoms. The molecule has 0 aromatic carbocycles. The Balaban J connectivity index is 1.83. The molecule has 2 saturated heterocycles. The van der Waals surface area contributed by atoms with Crippen LogP contribution in [0.2, 0.25) is 0 Å². The highest BCUT2D eigenvalue weighted by Crippen LogP contribution is 2.50. The monoisotopic (exact) mass is 531 g/mol. The number of nitrogens with one attached hydrogen (secondary N) is 1. The van der Waals surface area contributed by atoms with Crippen molar-refractivity contribution in [3.05, 3.63) is 33.1 Å². The number of carbonyl (C=O) groups is 2. The summed E-state index contributed by atoms with van der Waals surface area (Å²) in [6, 6.07) is -0.0758. The second-order valence-corrected chi connectivity index (χ2v) is 10.6. The molecule has 2 aliphatic heterocycles. The lowest BCUT2D eigenvalue weighted by molar-refractivity contribution is -0.180. The minimum Gasteiger partial charge on any atom is -0.444 e. The minimum absolute atomic E-state index is 0.212. The van der Waals surface area contributed by atoms with Crippen LogP contribution in [-0.4, -0.2) is 75.3 Å². The van der Waals surface area contributed by atoms with Gasteiger partial charge in [-0.05, 0) is 33.6 Å². The van der Waals surface area contributed by atoms with Gasteiger partial charge in [-0.2, -0.15) is 0 Å². The summed E-state index contributed by atoms with van der Waals surface area (Å²) in [4.78, 5) is 50.6. The van der Waals surface area contributed by atoms with Crippen LogP contribution < -0.4 is 16.6 Å². The van der Waals surface area contributed by atoms with Gasteiger partial charge in [-0.3, -0.25) is 9.36 Å². The van der Waals surface area contributed by atoms with Gasteiger partial charge in [-0.1, -0.05) is 13.8 Å². The van der Waals surface area contributed by atoms with Crippen molar-refractivity contribution in [3.8, 4) is 0 Å². The number of esters is 1. The van der Waals surface area contributed by atoms with Crippen LogP contribution in [0.15, 0.2) is 21.9 Å². The van der Waals surface area contributed by atoms with Crippen LogP contribution >= 0.6 is 0 Å². The van der Waals surface area contributed by atoms with Gasteiger partial charge < -0.3 is 34.1 Å². The number of carbonyl (C=O) groups excluding carboxylic acids is 2. The molecule has 1 aromatic rings. The van der Waals surface area contributed by atoms with Gasteiger partial charge in [0.05, 0.1) is 6.61 Å². The number of hydrogen-bond acceptors (Lipinski definition) is 10. The predicted octanol–water partition coefficient (Wildman–Crippen LogP) is 0.421. The number of amides is 1. The fourth-order valence-corrected chi connectivity index (χ4v) is 4.32. The molecular weight excluding hydrogens is 497 g/mol. The van der Waals surface area contributed by atoms with Gasteiger partial charge in [0.1, 0.15) is 36.8 Å². The first-order valence-corrected chi connectivity index (χ1v) is 11.8. The first-order valence-electron chi connectivity index (χ1n) is 11.8. The molecule has 2 fully saturated rings. The number of alkyl carbamates (subject to hydrolysis) is 1. The summed E-state index contributed by atoms with van der Waals surface area (Å²) >= 11 is 0. The third kappa shape index (κ3) is 5.56. The Labute approximate surface area is 212 Å². The molecule has 0 spiro atoms. The molecule has 5 atom stereocenters. The van der Waals surface area contributed by atoms with Gasteiger partial charge in [0.2, 0.25) is 0 Å². The number of nitrogens with zero attached hydrogens (tertiary/aromatic N) is 2. The zero-order valence-corrected chi connectivity index (χ0v) is 21.7. The number of halogens is 1. The maximum atomic E-state index is 14.0. The normalized spacial score (nSPS) is 28.1. The molecule has 3 heterocycles. The fourth-order valence-electron chi connectivity index (χ4n) is 4.32. The fraction of sp³-hybridized carbons (Fsp3) is 0.739. The smallest absolute Gasteiger partial charge is 0.408 e. The van der Waals surface area contributed by atoms with Crippen LogP contribution in [0.5, 0.6) is 0 Å². The Kier molecular flexibility index (Phi) is 8.17. The maximum absolute atomic E-state index is 14.0. The number of hydrogen-bond donors (Lipinski definition) is 2. The summed E-state index contributed by atoms with van der Waals surface area (Å²) in [5, 5.41) is 12.3. The van der Waals surface area contributed by atoms with Gasteiger partial charge >= 0.3 is 17.8 Å². The van der Waals surface area contributed by atoms with Crippen LogP contribution in [0.25, 0.3) is 0 Å². The second kappa shape index (κ2) is 10.5. The Morgan fingerprint density at radius 2 is 2.00 bits per heavy atom. The van der Waals surface area contributed by atoms with Gasteiger partial charge in [0.15, 0.2) is 18.6 Å². The maximum Gasteiger partial charge on any atom is 0.408 e. The van der Waals surface area contributed by atoms with Gasteiger partial charge in [0, 0.05) is 12.3 Å². The van der Waals surface area contributed by atoms with E-state index in [-0.39, 0.29) is 6.79 Å². The lowest BCUT2D eigenvalue weighted by atomic mass is 9.88. The zero-order chi connectivity index (χ0) is 27.8. The van der Waals surface area contributed by atoms with Crippen molar-refractivity contribution in [2.24, 2.45) is 5.92 Å². The highest BCUT2D eigenvalue weighted by atomic mass is 19.1. The number of fused-ring (bicyclic) bond motifs is 1. The Bertz CT molecular complexity index is 1120. The summed E-state index contributed by atoms with van der Waals surface area (Å²) < 4.78 is 42.8. The average molecular weight is 532 g/mol. The molecule has 0 bridgehead atoms. The van der Waals surface area contributed by atoms with Crippen LogP contribution in [0.4, 0.5) is 9.18 Å². The largest absolute Gasteiger partial charge is 0.444 e. The van der Waals surface area contributed by atoms with Crippen molar-refractivity contribution >= 4 is 12.1 Å². The van der Waals surface area contributed by atoms with E-state index in [0.29, 0.717) is 4.57 Å². The van der Waals surface area contributed by atoms with Crippen LogP contribution in [0.1, 0.15) is 47.8 Å². The molecule has 2 N–H and O–H groups in total. The van der Waals surface area contributed by atoms with Crippen LogP contribution in [0, 0.1) is 5.92 Å². The highest BCUT2D eigenvalue weighted by molar-refractivity contribution is 5.81.